The lowest BCUT2D eigenvalue weighted by Gasteiger charge is -2.16. The Labute approximate surface area is 95.1 Å². The lowest BCUT2D eigenvalue weighted by molar-refractivity contribution is -0.139. The van der Waals surface area contributed by atoms with Crippen LogP contribution in [0.3, 0.4) is 0 Å². The van der Waals surface area contributed by atoms with E-state index in [2.05, 4.69) is 0 Å². The minimum absolute atomic E-state index is 0.00688. The lowest BCUT2D eigenvalue weighted by Crippen LogP contribution is -2.31. The van der Waals surface area contributed by atoms with Crippen molar-refractivity contribution in [1.82, 2.24) is 4.90 Å². The van der Waals surface area contributed by atoms with Crippen molar-refractivity contribution in [2.75, 3.05) is 40.5 Å². The zero-order chi connectivity index (χ0) is 12.4. The molecule has 0 atom stereocenters. The van der Waals surface area contributed by atoms with E-state index in [4.69, 9.17) is 14.6 Å². The quantitative estimate of drug-likeness (QED) is 0.566. The fourth-order valence-electron chi connectivity index (χ4n) is 1.00. The smallest absolute Gasteiger partial charge is 0.303 e. The molecule has 0 unspecified atom stereocenters. The van der Waals surface area contributed by atoms with Crippen LogP contribution in [0.4, 0.5) is 0 Å². The average molecular weight is 233 g/mol. The fourth-order valence-corrected chi connectivity index (χ4v) is 1.00. The molecule has 1 amide bonds. The van der Waals surface area contributed by atoms with E-state index in [0.29, 0.717) is 26.2 Å². The van der Waals surface area contributed by atoms with Gasteiger partial charge in [0, 0.05) is 27.1 Å². The van der Waals surface area contributed by atoms with Gasteiger partial charge in [0.15, 0.2) is 0 Å². The van der Waals surface area contributed by atoms with Gasteiger partial charge in [0.25, 0.3) is 0 Å². The highest BCUT2D eigenvalue weighted by Gasteiger charge is 2.08. The number of carboxylic acid groups (broad SMARTS) is 1. The molecule has 0 fully saturated rings. The highest BCUT2D eigenvalue weighted by molar-refractivity contribution is 5.77. The van der Waals surface area contributed by atoms with Crippen LogP contribution in [-0.4, -0.2) is 62.4 Å². The largest absolute Gasteiger partial charge is 0.481 e. The SMILES string of the molecule is COCCOCC(=O)N(C)CCCC(=O)O. The van der Waals surface area contributed by atoms with E-state index < -0.39 is 5.97 Å². The van der Waals surface area contributed by atoms with E-state index in [1.807, 2.05) is 0 Å². The molecule has 0 spiro atoms. The maximum atomic E-state index is 11.4. The van der Waals surface area contributed by atoms with Crippen LogP contribution in [0.5, 0.6) is 0 Å². The Balaban J connectivity index is 3.53. The molecular formula is C10H19NO5. The van der Waals surface area contributed by atoms with Gasteiger partial charge in [-0.1, -0.05) is 0 Å². The summed E-state index contributed by atoms with van der Waals surface area (Å²) in [7, 11) is 3.19. The number of hydrogen-bond donors (Lipinski definition) is 1. The minimum Gasteiger partial charge on any atom is -0.481 e. The molecule has 0 aliphatic carbocycles. The van der Waals surface area contributed by atoms with Gasteiger partial charge in [-0.25, -0.2) is 0 Å². The maximum Gasteiger partial charge on any atom is 0.303 e. The normalized spacial score (nSPS) is 10.1. The topological polar surface area (TPSA) is 76.1 Å². The predicted molar refractivity (Wildman–Crippen MR) is 57.2 cm³/mol. The summed E-state index contributed by atoms with van der Waals surface area (Å²) >= 11 is 0. The first kappa shape index (κ1) is 14.9. The average Bonchev–Trinajstić information content (AvgIpc) is 2.23. The highest BCUT2D eigenvalue weighted by Crippen LogP contribution is 1.94. The lowest BCUT2D eigenvalue weighted by atomic mass is 10.3. The number of nitrogens with zero attached hydrogens (tertiary/aromatic N) is 1. The first-order valence-electron chi connectivity index (χ1n) is 5.10. The molecule has 6 heteroatoms. The van der Waals surface area contributed by atoms with Crippen molar-refractivity contribution >= 4 is 11.9 Å². The van der Waals surface area contributed by atoms with Crippen molar-refractivity contribution in [3.8, 4) is 0 Å². The molecule has 94 valence electrons. The van der Waals surface area contributed by atoms with Crippen LogP contribution in [0.2, 0.25) is 0 Å². The number of carboxylic acids is 1. The Kier molecular flexibility index (Phi) is 8.46. The molecule has 16 heavy (non-hydrogen) atoms. The molecule has 1 N–H and O–H groups in total. The van der Waals surface area contributed by atoms with Gasteiger partial charge in [-0.05, 0) is 6.42 Å². The summed E-state index contributed by atoms with van der Waals surface area (Å²) in [6.45, 7) is 1.27. The molecule has 0 aliphatic rings. The van der Waals surface area contributed by atoms with Gasteiger partial charge in [-0.2, -0.15) is 0 Å². The fraction of sp³-hybridized carbons (Fsp3) is 0.800. The van der Waals surface area contributed by atoms with Gasteiger partial charge in [-0.15, -0.1) is 0 Å². The second kappa shape index (κ2) is 9.11. The van der Waals surface area contributed by atoms with Crippen LogP contribution in [0.25, 0.3) is 0 Å². The molecule has 0 aromatic heterocycles. The molecule has 6 nitrogen and oxygen atoms in total. The highest BCUT2D eigenvalue weighted by atomic mass is 16.5. The van der Waals surface area contributed by atoms with Gasteiger partial charge < -0.3 is 19.5 Å². The van der Waals surface area contributed by atoms with Crippen molar-refractivity contribution < 1.29 is 24.2 Å². The minimum atomic E-state index is -0.850. The van der Waals surface area contributed by atoms with E-state index in [0.717, 1.165) is 0 Å². The Morgan fingerprint density at radius 3 is 2.56 bits per heavy atom. The van der Waals surface area contributed by atoms with E-state index in [1.165, 1.54) is 4.90 Å². The summed E-state index contributed by atoms with van der Waals surface area (Å²) in [4.78, 5) is 23.1. The molecule has 0 radical (unpaired) electrons. The van der Waals surface area contributed by atoms with Gasteiger partial charge in [0.1, 0.15) is 6.61 Å². The van der Waals surface area contributed by atoms with Gasteiger partial charge >= 0.3 is 5.97 Å². The van der Waals surface area contributed by atoms with E-state index >= 15 is 0 Å². The summed E-state index contributed by atoms with van der Waals surface area (Å²) in [5.41, 5.74) is 0. The molecule has 0 heterocycles. The van der Waals surface area contributed by atoms with Crippen LogP contribution in [0.15, 0.2) is 0 Å². The number of ether oxygens (including phenoxy) is 2. The third-order valence-corrected chi connectivity index (χ3v) is 1.97. The predicted octanol–water partition coefficient (Wildman–Crippen LogP) is -0.0274. The molecule has 0 bridgehead atoms. The Hall–Kier alpha value is -1.14. The van der Waals surface area contributed by atoms with Crippen molar-refractivity contribution in [2.45, 2.75) is 12.8 Å². The van der Waals surface area contributed by atoms with Gasteiger partial charge in [0.2, 0.25) is 5.91 Å². The second-order valence-corrected chi connectivity index (χ2v) is 3.36. The van der Waals surface area contributed by atoms with Crippen molar-refractivity contribution in [1.29, 1.82) is 0 Å². The van der Waals surface area contributed by atoms with E-state index in [-0.39, 0.29) is 18.9 Å². The van der Waals surface area contributed by atoms with E-state index in [1.54, 1.807) is 14.2 Å². The van der Waals surface area contributed by atoms with Crippen LogP contribution in [0, 0.1) is 0 Å². The van der Waals surface area contributed by atoms with Crippen molar-refractivity contribution in [2.24, 2.45) is 0 Å². The summed E-state index contributed by atoms with van der Waals surface area (Å²) < 4.78 is 9.81. The van der Waals surface area contributed by atoms with Crippen LogP contribution < -0.4 is 0 Å². The molecule has 0 aromatic rings. The van der Waals surface area contributed by atoms with E-state index in [9.17, 15) is 9.59 Å². The zero-order valence-electron chi connectivity index (χ0n) is 9.77. The monoisotopic (exact) mass is 233 g/mol. The summed E-state index contributed by atoms with van der Waals surface area (Å²) in [6, 6.07) is 0. The molecule has 0 aromatic carbocycles. The summed E-state index contributed by atoms with van der Waals surface area (Å²) in [6.07, 6.45) is 0.526. The first-order valence-corrected chi connectivity index (χ1v) is 5.10. The Morgan fingerprint density at radius 1 is 1.31 bits per heavy atom. The molecule has 0 saturated carbocycles. The number of rotatable bonds is 9. The molecule has 0 aliphatic heterocycles. The van der Waals surface area contributed by atoms with Gasteiger partial charge in [0.05, 0.1) is 13.2 Å². The number of amides is 1. The van der Waals surface area contributed by atoms with Crippen molar-refractivity contribution in [3.63, 3.8) is 0 Å². The van der Waals surface area contributed by atoms with Crippen LogP contribution in [0.1, 0.15) is 12.8 Å². The summed E-state index contributed by atoms with van der Waals surface area (Å²) in [5.74, 6) is -1.00. The Bertz CT molecular complexity index is 219. The summed E-state index contributed by atoms with van der Waals surface area (Å²) in [5, 5.41) is 8.42. The third-order valence-electron chi connectivity index (χ3n) is 1.97. The Morgan fingerprint density at radius 2 is 2.00 bits per heavy atom. The molecule has 0 saturated heterocycles. The number of carbonyl (C=O) groups excluding carboxylic acids is 1. The van der Waals surface area contributed by atoms with Crippen LogP contribution >= 0.6 is 0 Å². The third kappa shape index (κ3) is 8.19. The van der Waals surface area contributed by atoms with Crippen molar-refractivity contribution in [3.05, 3.63) is 0 Å². The number of hydrogen-bond acceptors (Lipinski definition) is 4. The first-order chi connectivity index (χ1) is 7.57. The molecule has 0 rings (SSSR count). The maximum absolute atomic E-state index is 11.4. The standard InChI is InChI=1S/C10H19NO5/c1-11(5-3-4-10(13)14)9(12)8-16-7-6-15-2/h3-8H2,1-2H3,(H,13,14). The number of likely N-dealkylation sites (N-methyl/N-ethyl adjacent to an activating group) is 1. The second-order valence-electron chi connectivity index (χ2n) is 3.36. The number of carbonyl (C=O) groups is 2. The number of methoxy groups -OCH3 is 1. The van der Waals surface area contributed by atoms with Gasteiger partial charge in [-0.3, -0.25) is 9.59 Å². The molecular weight excluding hydrogens is 214 g/mol. The zero-order valence-corrected chi connectivity index (χ0v) is 9.77. The van der Waals surface area contributed by atoms with Crippen LogP contribution in [-0.2, 0) is 19.1 Å². The number of aliphatic carboxylic acids is 1.